The van der Waals surface area contributed by atoms with Crippen molar-refractivity contribution in [3.8, 4) is 0 Å². The first-order chi connectivity index (χ1) is 6.63. The van der Waals surface area contributed by atoms with Gasteiger partial charge in [0.25, 0.3) is 0 Å². The summed E-state index contributed by atoms with van der Waals surface area (Å²) in [6.07, 6.45) is -4.94. The smallest absolute Gasteiger partial charge is 0.113 e. The number of hydrogen-bond acceptors (Lipinski definition) is 4. The molecule has 1 aromatic rings. The Bertz CT molecular complexity index is 306. The number of hydrogen-bond donors (Lipinski definition) is 4. The summed E-state index contributed by atoms with van der Waals surface area (Å²) in [5, 5.41) is 38.0. The topological polar surface area (TPSA) is 80.9 Å². The van der Waals surface area contributed by atoms with Gasteiger partial charge in [0.05, 0.1) is 0 Å². The van der Waals surface area contributed by atoms with Crippen molar-refractivity contribution < 1.29 is 20.4 Å². The summed E-state index contributed by atoms with van der Waals surface area (Å²) in [7, 11) is 0. The van der Waals surface area contributed by atoms with Crippen LogP contribution in [-0.2, 0) is 0 Å². The van der Waals surface area contributed by atoms with E-state index in [0.717, 1.165) is 0 Å². The van der Waals surface area contributed by atoms with Crippen molar-refractivity contribution in [2.24, 2.45) is 0 Å². The lowest BCUT2D eigenvalue weighted by molar-refractivity contribution is -0.120. The molecule has 0 saturated heterocycles. The fraction of sp³-hybridized carbons (Fsp3) is 0.400. The maximum atomic E-state index is 9.60. The fourth-order valence-corrected chi connectivity index (χ4v) is 1.79. The molecule has 4 N–H and O–H groups in total. The molecule has 0 amide bonds. The zero-order valence-electron chi connectivity index (χ0n) is 7.41. The van der Waals surface area contributed by atoms with Crippen LogP contribution in [0.1, 0.15) is 23.3 Å². The van der Waals surface area contributed by atoms with Gasteiger partial charge in [0.1, 0.15) is 24.4 Å². The molecule has 4 heteroatoms. The van der Waals surface area contributed by atoms with Crippen molar-refractivity contribution in [3.63, 3.8) is 0 Å². The molecule has 0 unspecified atom stereocenters. The molecule has 4 nitrogen and oxygen atoms in total. The van der Waals surface area contributed by atoms with Gasteiger partial charge in [-0.1, -0.05) is 24.3 Å². The molecule has 0 radical (unpaired) electrons. The standard InChI is InChI=1S/C10H12O4/c11-7-5-3-1-2-4-6(5)8(12)10(14)9(7)13/h1-4,7-14H/t7-,8+,9-,10-/m1/s1. The van der Waals surface area contributed by atoms with E-state index >= 15 is 0 Å². The molecule has 1 aliphatic rings. The monoisotopic (exact) mass is 196 g/mol. The van der Waals surface area contributed by atoms with E-state index in [1.54, 1.807) is 24.3 Å². The van der Waals surface area contributed by atoms with Crippen molar-refractivity contribution in [3.05, 3.63) is 35.4 Å². The summed E-state index contributed by atoms with van der Waals surface area (Å²) < 4.78 is 0. The molecule has 0 heterocycles. The largest absolute Gasteiger partial charge is 0.387 e. The molecule has 1 aliphatic carbocycles. The van der Waals surface area contributed by atoms with E-state index in [-0.39, 0.29) is 0 Å². The summed E-state index contributed by atoms with van der Waals surface area (Å²) in [5.41, 5.74) is 0.940. The third kappa shape index (κ3) is 1.24. The quantitative estimate of drug-likeness (QED) is 0.450. The van der Waals surface area contributed by atoms with Gasteiger partial charge < -0.3 is 20.4 Å². The summed E-state index contributed by atoms with van der Waals surface area (Å²) >= 11 is 0. The number of aliphatic hydroxyl groups excluding tert-OH is 4. The van der Waals surface area contributed by atoms with Gasteiger partial charge in [0.2, 0.25) is 0 Å². The van der Waals surface area contributed by atoms with Crippen LogP contribution in [0.25, 0.3) is 0 Å². The predicted molar refractivity (Wildman–Crippen MR) is 48.4 cm³/mol. The van der Waals surface area contributed by atoms with Gasteiger partial charge in [-0.05, 0) is 11.1 Å². The van der Waals surface area contributed by atoms with Crippen LogP contribution in [0.4, 0.5) is 0 Å². The number of aliphatic hydroxyl groups is 4. The molecular weight excluding hydrogens is 184 g/mol. The molecule has 4 atom stereocenters. The van der Waals surface area contributed by atoms with Crippen LogP contribution in [0, 0.1) is 0 Å². The molecule has 0 aliphatic heterocycles. The Morgan fingerprint density at radius 3 is 1.43 bits per heavy atom. The van der Waals surface area contributed by atoms with E-state index in [9.17, 15) is 20.4 Å². The van der Waals surface area contributed by atoms with Crippen molar-refractivity contribution in [1.29, 1.82) is 0 Å². The Hall–Kier alpha value is -0.940. The first-order valence-electron chi connectivity index (χ1n) is 4.44. The van der Waals surface area contributed by atoms with Gasteiger partial charge in [0, 0.05) is 0 Å². The second kappa shape index (κ2) is 3.33. The second-order valence-corrected chi connectivity index (χ2v) is 3.50. The van der Waals surface area contributed by atoms with Crippen LogP contribution in [0.15, 0.2) is 24.3 Å². The summed E-state index contributed by atoms with van der Waals surface area (Å²) in [6.45, 7) is 0. The van der Waals surface area contributed by atoms with Gasteiger partial charge in [-0.15, -0.1) is 0 Å². The van der Waals surface area contributed by atoms with E-state index in [4.69, 9.17) is 0 Å². The van der Waals surface area contributed by atoms with Gasteiger partial charge in [-0.25, -0.2) is 0 Å². The molecule has 14 heavy (non-hydrogen) atoms. The molecule has 76 valence electrons. The Morgan fingerprint density at radius 1 is 0.714 bits per heavy atom. The van der Waals surface area contributed by atoms with Crippen LogP contribution in [-0.4, -0.2) is 32.6 Å². The van der Waals surface area contributed by atoms with Gasteiger partial charge in [-0.2, -0.15) is 0 Å². The first-order valence-corrected chi connectivity index (χ1v) is 4.44. The maximum Gasteiger partial charge on any atom is 0.113 e. The molecule has 1 aromatic carbocycles. The first kappa shape index (κ1) is 9.61. The third-order valence-electron chi connectivity index (χ3n) is 2.63. The Balaban J connectivity index is 2.51. The SMILES string of the molecule is O[C@H]1[C@H](O)[C@@H](O)c2ccccc2[C@H]1O. The van der Waals surface area contributed by atoms with Gasteiger partial charge in [-0.3, -0.25) is 0 Å². The normalized spacial score (nSPS) is 36.6. The lowest BCUT2D eigenvalue weighted by atomic mass is 9.83. The van der Waals surface area contributed by atoms with Crippen LogP contribution in [0.5, 0.6) is 0 Å². The van der Waals surface area contributed by atoms with Gasteiger partial charge in [0.15, 0.2) is 0 Å². The van der Waals surface area contributed by atoms with E-state index in [2.05, 4.69) is 0 Å². The molecule has 0 aromatic heterocycles. The average molecular weight is 196 g/mol. The van der Waals surface area contributed by atoms with Crippen molar-refractivity contribution in [1.82, 2.24) is 0 Å². The van der Waals surface area contributed by atoms with Crippen LogP contribution in [0.2, 0.25) is 0 Å². The molecule has 0 fully saturated rings. The minimum absolute atomic E-state index is 0.470. The highest BCUT2D eigenvalue weighted by molar-refractivity contribution is 5.35. The number of rotatable bonds is 0. The Kier molecular flexibility index (Phi) is 2.28. The number of benzene rings is 1. The molecule has 0 spiro atoms. The maximum absolute atomic E-state index is 9.60. The van der Waals surface area contributed by atoms with Crippen molar-refractivity contribution in [2.45, 2.75) is 24.4 Å². The summed E-state index contributed by atoms with van der Waals surface area (Å²) in [5.74, 6) is 0. The van der Waals surface area contributed by atoms with Crippen LogP contribution in [0.3, 0.4) is 0 Å². The summed E-state index contributed by atoms with van der Waals surface area (Å²) in [6, 6.07) is 6.66. The Morgan fingerprint density at radius 2 is 1.07 bits per heavy atom. The highest BCUT2D eigenvalue weighted by Gasteiger charge is 2.39. The number of fused-ring (bicyclic) bond motifs is 1. The van der Waals surface area contributed by atoms with Crippen LogP contribution < -0.4 is 0 Å². The van der Waals surface area contributed by atoms with Crippen molar-refractivity contribution in [2.75, 3.05) is 0 Å². The lowest BCUT2D eigenvalue weighted by Crippen LogP contribution is -2.41. The Labute approximate surface area is 81.1 Å². The van der Waals surface area contributed by atoms with Crippen LogP contribution >= 0.6 is 0 Å². The van der Waals surface area contributed by atoms with Gasteiger partial charge >= 0.3 is 0 Å². The van der Waals surface area contributed by atoms with E-state index < -0.39 is 24.4 Å². The summed E-state index contributed by atoms with van der Waals surface area (Å²) in [4.78, 5) is 0. The zero-order chi connectivity index (χ0) is 10.3. The minimum Gasteiger partial charge on any atom is -0.387 e. The average Bonchev–Trinajstić information content (AvgIpc) is 2.23. The third-order valence-corrected chi connectivity index (χ3v) is 2.63. The molecule has 2 rings (SSSR count). The van der Waals surface area contributed by atoms with E-state index in [1.165, 1.54) is 0 Å². The molecule has 0 saturated carbocycles. The fourth-order valence-electron chi connectivity index (χ4n) is 1.79. The zero-order valence-corrected chi connectivity index (χ0v) is 7.41. The highest BCUT2D eigenvalue weighted by atomic mass is 16.4. The molecular formula is C10H12O4. The lowest BCUT2D eigenvalue weighted by Gasteiger charge is -2.34. The minimum atomic E-state index is -1.33. The predicted octanol–water partition coefficient (Wildman–Crippen LogP) is -0.511. The second-order valence-electron chi connectivity index (χ2n) is 3.50. The van der Waals surface area contributed by atoms with E-state index in [0.29, 0.717) is 11.1 Å². The van der Waals surface area contributed by atoms with E-state index in [1.807, 2.05) is 0 Å². The highest BCUT2D eigenvalue weighted by Crippen LogP contribution is 2.36. The van der Waals surface area contributed by atoms with Crippen molar-refractivity contribution >= 4 is 0 Å². The molecule has 0 bridgehead atoms.